The fourth-order valence-electron chi connectivity index (χ4n) is 3.16. The van der Waals surface area contributed by atoms with Crippen LogP contribution < -0.4 is 5.56 Å². The molecule has 0 aliphatic heterocycles. The summed E-state index contributed by atoms with van der Waals surface area (Å²) in [6.07, 6.45) is 4.37. The van der Waals surface area contributed by atoms with Gasteiger partial charge in [-0.1, -0.05) is 23.9 Å². The van der Waals surface area contributed by atoms with E-state index in [0.717, 1.165) is 28.5 Å². The Morgan fingerprint density at radius 2 is 2.07 bits per heavy atom. The molecule has 0 unspecified atom stereocenters. The van der Waals surface area contributed by atoms with Crippen molar-refractivity contribution in [2.45, 2.75) is 30.8 Å². The third-order valence-corrected chi connectivity index (χ3v) is 5.58. The summed E-state index contributed by atoms with van der Waals surface area (Å²) in [6, 6.07) is 7.60. The van der Waals surface area contributed by atoms with Crippen molar-refractivity contribution in [1.82, 2.24) is 28.7 Å². The first-order chi connectivity index (χ1) is 13.7. The molecule has 0 radical (unpaired) electrons. The Morgan fingerprint density at radius 3 is 2.86 bits per heavy atom. The summed E-state index contributed by atoms with van der Waals surface area (Å²) in [7, 11) is 1.97. The van der Waals surface area contributed by atoms with Gasteiger partial charge in [0.05, 0.1) is 17.2 Å². The number of ether oxygens (including phenoxy) is 1. The number of imidazole rings is 1. The fourth-order valence-corrected chi connectivity index (χ4v) is 4.12. The first-order valence-corrected chi connectivity index (χ1v) is 10.2. The fraction of sp³-hybridized carbons (Fsp3) is 0.368. The molecule has 146 valence electrons. The van der Waals surface area contributed by atoms with Crippen molar-refractivity contribution in [2.24, 2.45) is 7.05 Å². The average Bonchev–Trinajstić information content (AvgIpc) is 3.32. The van der Waals surface area contributed by atoms with Gasteiger partial charge in [0.1, 0.15) is 0 Å². The van der Waals surface area contributed by atoms with E-state index in [1.807, 2.05) is 53.4 Å². The van der Waals surface area contributed by atoms with E-state index in [0.29, 0.717) is 30.9 Å². The van der Waals surface area contributed by atoms with Crippen LogP contribution in [0.5, 0.6) is 0 Å². The number of hydrogen-bond donors (Lipinski definition) is 0. The minimum absolute atomic E-state index is 0.0461. The Morgan fingerprint density at radius 1 is 1.21 bits per heavy atom. The molecular weight excluding hydrogens is 376 g/mol. The summed E-state index contributed by atoms with van der Waals surface area (Å²) >= 11 is 1.58. The number of aryl methyl sites for hydroxylation is 2. The summed E-state index contributed by atoms with van der Waals surface area (Å²) in [5.41, 5.74) is 1.87. The Balaban J connectivity index is 1.77. The second-order valence-corrected chi connectivity index (χ2v) is 7.37. The van der Waals surface area contributed by atoms with E-state index in [4.69, 9.17) is 4.74 Å². The maximum Gasteiger partial charge on any atom is 0.262 e. The molecule has 3 heterocycles. The largest absolute Gasteiger partial charge is 0.382 e. The normalized spacial score (nSPS) is 11.6. The highest BCUT2D eigenvalue weighted by atomic mass is 32.2. The first-order valence-electron chi connectivity index (χ1n) is 9.23. The topological polar surface area (TPSA) is 79.2 Å². The average molecular weight is 398 g/mol. The molecule has 4 aromatic rings. The number of benzene rings is 1. The highest BCUT2D eigenvalue weighted by Crippen LogP contribution is 2.24. The van der Waals surface area contributed by atoms with Crippen LogP contribution in [0.3, 0.4) is 0 Å². The lowest BCUT2D eigenvalue weighted by molar-refractivity contribution is 0.141. The molecule has 0 spiro atoms. The lowest BCUT2D eigenvalue weighted by Crippen LogP contribution is -2.24. The van der Waals surface area contributed by atoms with Crippen molar-refractivity contribution in [2.75, 3.05) is 13.2 Å². The summed E-state index contributed by atoms with van der Waals surface area (Å²) in [4.78, 5) is 17.2. The van der Waals surface area contributed by atoms with Gasteiger partial charge in [-0.2, -0.15) is 0 Å². The summed E-state index contributed by atoms with van der Waals surface area (Å²) in [6.45, 7) is 3.78. The molecule has 0 aliphatic rings. The predicted octanol–water partition coefficient (Wildman–Crippen LogP) is 2.50. The molecule has 0 bridgehead atoms. The van der Waals surface area contributed by atoms with Gasteiger partial charge in [-0.05, 0) is 25.5 Å². The third kappa shape index (κ3) is 3.43. The van der Waals surface area contributed by atoms with E-state index in [1.54, 1.807) is 22.7 Å². The van der Waals surface area contributed by atoms with E-state index in [9.17, 15) is 4.79 Å². The summed E-state index contributed by atoms with van der Waals surface area (Å²) < 4.78 is 11.1. The Bertz CT molecular complexity index is 1160. The smallest absolute Gasteiger partial charge is 0.262 e. The molecule has 0 fully saturated rings. The Hall–Kier alpha value is -2.65. The molecule has 0 N–H and O–H groups in total. The van der Waals surface area contributed by atoms with Gasteiger partial charge in [0, 0.05) is 44.4 Å². The van der Waals surface area contributed by atoms with E-state index in [1.165, 1.54) is 0 Å². The monoisotopic (exact) mass is 398 g/mol. The van der Waals surface area contributed by atoms with Crippen LogP contribution in [0.4, 0.5) is 0 Å². The van der Waals surface area contributed by atoms with E-state index < -0.39 is 0 Å². The van der Waals surface area contributed by atoms with Crippen molar-refractivity contribution < 1.29 is 4.74 Å². The molecule has 9 heteroatoms. The number of hydrogen-bond acceptors (Lipinski definition) is 6. The lowest BCUT2D eigenvalue weighted by atomic mass is 10.2. The van der Waals surface area contributed by atoms with Crippen LogP contribution in [0.2, 0.25) is 0 Å². The van der Waals surface area contributed by atoms with Crippen LogP contribution in [0.15, 0.2) is 46.7 Å². The quantitative estimate of drug-likeness (QED) is 0.335. The number of rotatable bonds is 8. The van der Waals surface area contributed by atoms with Crippen LogP contribution in [0, 0.1) is 0 Å². The zero-order chi connectivity index (χ0) is 19.5. The van der Waals surface area contributed by atoms with Crippen molar-refractivity contribution in [1.29, 1.82) is 0 Å². The van der Waals surface area contributed by atoms with Crippen LogP contribution in [0.25, 0.3) is 16.7 Å². The number of para-hydroxylation sites is 1. The Labute approximate surface area is 166 Å². The summed E-state index contributed by atoms with van der Waals surface area (Å²) in [5, 5.41) is 10.1. The van der Waals surface area contributed by atoms with Crippen molar-refractivity contribution in [3.63, 3.8) is 0 Å². The van der Waals surface area contributed by atoms with E-state index in [2.05, 4.69) is 15.2 Å². The van der Waals surface area contributed by atoms with Crippen molar-refractivity contribution in [3.8, 4) is 0 Å². The van der Waals surface area contributed by atoms with Crippen LogP contribution in [-0.4, -0.2) is 41.9 Å². The van der Waals surface area contributed by atoms with Crippen molar-refractivity contribution >= 4 is 28.4 Å². The van der Waals surface area contributed by atoms with Gasteiger partial charge in [0.15, 0.2) is 5.16 Å². The number of thioether (sulfide) groups is 1. The molecular formula is C19H22N6O2S. The minimum atomic E-state index is -0.0461. The molecule has 0 atom stereocenters. The van der Waals surface area contributed by atoms with E-state index in [-0.39, 0.29) is 5.56 Å². The number of aromatic nitrogens is 6. The Kier molecular flexibility index (Phi) is 5.45. The molecule has 4 rings (SSSR count). The predicted molar refractivity (Wildman–Crippen MR) is 109 cm³/mol. The maximum absolute atomic E-state index is 13.0. The molecule has 8 nitrogen and oxygen atoms in total. The standard InChI is InChI=1S/C19H22N6O2S/c1-3-27-10-6-9-24-17(26)15-7-4-5-8-16(15)25-18(24)21-22-19(25)28-12-14-11-20-13-23(14)2/h4-5,7-8,11,13H,3,6,9-10,12H2,1-2H3. The van der Waals surface area contributed by atoms with Crippen LogP contribution in [-0.2, 0) is 24.1 Å². The van der Waals surface area contributed by atoms with E-state index >= 15 is 0 Å². The SMILES string of the molecule is CCOCCCn1c(=O)c2ccccc2n2c(SCc3cncn3C)nnc12. The van der Waals surface area contributed by atoms with Crippen LogP contribution in [0.1, 0.15) is 19.0 Å². The zero-order valence-electron chi connectivity index (χ0n) is 15.9. The molecule has 0 aliphatic carbocycles. The second-order valence-electron chi connectivity index (χ2n) is 6.43. The maximum atomic E-state index is 13.0. The highest BCUT2D eigenvalue weighted by Gasteiger charge is 2.17. The van der Waals surface area contributed by atoms with Gasteiger partial charge in [0.25, 0.3) is 5.56 Å². The molecule has 0 saturated carbocycles. The molecule has 28 heavy (non-hydrogen) atoms. The minimum Gasteiger partial charge on any atom is -0.382 e. The number of fused-ring (bicyclic) bond motifs is 3. The number of nitrogens with zero attached hydrogens (tertiary/aromatic N) is 6. The lowest BCUT2D eigenvalue weighted by Gasteiger charge is -2.11. The van der Waals surface area contributed by atoms with Gasteiger partial charge in [-0.25, -0.2) is 4.98 Å². The second kappa shape index (κ2) is 8.15. The van der Waals surface area contributed by atoms with Crippen LogP contribution >= 0.6 is 11.8 Å². The first kappa shape index (κ1) is 18.7. The van der Waals surface area contributed by atoms with Crippen molar-refractivity contribution in [3.05, 3.63) is 52.8 Å². The zero-order valence-corrected chi connectivity index (χ0v) is 16.7. The third-order valence-electron chi connectivity index (χ3n) is 4.62. The van der Waals surface area contributed by atoms with Gasteiger partial charge >= 0.3 is 0 Å². The summed E-state index contributed by atoms with van der Waals surface area (Å²) in [5.74, 6) is 1.28. The molecule has 0 amide bonds. The molecule has 0 saturated heterocycles. The molecule has 1 aromatic carbocycles. The van der Waals surface area contributed by atoms with Gasteiger partial charge in [0.2, 0.25) is 5.78 Å². The van der Waals surface area contributed by atoms with Gasteiger partial charge in [-0.3, -0.25) is 13.8 Å². The molecule has 3 aromatic heterocycles. The highest BCUT2D eigenvalue weighted by molar-refractivity contribution is 7.98. The van der Waals surface area contributed by atoms with Gasteiger partial charge in [-0.15, -0.1) is 10.2 Å². The van der Waals surface area contributed by atoms with Gasteiger partial charge < -0.3 is 9.30 Å².